The van der Waals surface area contributed by atoms with Crippen LogP contribution in [-0.4, -0.2) is 53.2 Å². The Kier molecular flexibility index (Phi) is 4.64. The number of nitrogens with one attached hydrogen (secondary N) is 1. The lowest BCUT2D eigenvalue weighted by atomic mass is 10.1. The number of carbonyl (C=O) groups is 2. The molecular formula is C14H18N2O5. The molecule has 0 radical (unpaired) electrons. The second-order valence-corrected chi connectivity index (χ2v) is 4.87. The van der Waals surface area contributed by atoms with Gasteiger partial charge < -0.3 is 20.3 Å². The lowest BCUT2D eigenvalue weighted by Gasteiger charge is -2.34. The molecule has 7 heteroatoms. The Labute approximate surface area is 122 Å². The van der Waals surface area contributed by atoms with Crippen LogP contribution in [0, 0.1) is 0 Å². The first-order valence-electron chi connectivity index (χ1n) is 6.60. The highest BCUT2D eigenvalue weighted by Gasteiger charge is 2.31. The number of rotatable bonds is 5. The number of aliphatic carboxylic acids is 1. The van der Waals surface area contributed by atoms with Gasteiger partial charge in [0.05, 0.1) is 13.5 Å². The van der Waals surface area contributed by atoms with Crippen molar-refractivity contribution in [1.29, 1.82) is 0 Å². The summed E-state index contributed by atoms with van der Waals surface area (Å²) in [5.74, 6) is -0.721. The van der Waals surface area contributed by atoms with Crippen LogP contribution in [0.15, 0.2) is 18.2 Å². The average Bonchev–Trinajstić information content (AvgIpc) is 2.44. The minimum absolute atomic E-state index is 0.0643. The molecule has 1 fully saturated rings. The maximum absolute atomic E-state index is 11.8. The monoisotopic (exact) mass is 294 g/mol. The Morgan fingerprint density at radius 1 is 1.52 bits per heavy atom. The third kappa shape index (κ3) is 3.63. The van der Waals surface area contributed by atoms with E-state index in [0.29, 0.717) is 30.9 Å². The van der Waals surface area contributed by atoms with Crippen LogP contribution in [0.4, 0.5) is 0 Å². The summed E-state index contributed by atoms with van der Waals surface area (Å²) < 4.78 is 5.02. The molecule has 1 aliphatic rings. The summed E-state index contributed by atoms with van der Waals surface area (Å²) in [6.45, 7) is 1.31. The molecule has 1 aromatic rings. The predicted octanol–water partition coefficient (Wildman–Crippen LogP) is 0.176. The van der Waals surface area contributed by atoms with Crippen molar-refractivity contribution in [3.05, 3.63) is 23.8 Å². The number of piperazine rings is 1. The standard InChI is InChI=1S/C14H18N2O5/c1-21-10-3-2-9(12(17)6-10)8-16-5-4-15-14(20)11(16)7-13(18)19/h2-3,6,11,17H,4-5,7-8H2,1H3,(H,15,20)(H,18,19). The number of hydrogen-bond acceptors (Lipinski definition) is 5. The van der Waals surface area contributed by atoms with Crippen molar-refractivity contribution in [1.82, 2.24) is 10.2 Å². The minimum atomic E-state index is -1.03. The SMILES string of the molecule is COc1ccc(CN2CCNC(=O)C2CC(=O)O)c(O)c1. The number of carbonyl (C=O) groups excluding carboxylic acids is 1. The topological polar surface area (TPSA) is 99.1 Å². The van der Waals surface area contributed by atoms with Crippen LogP contribution in [0.3, 0.4) is 0 Å². The van der Waals surface area contributed by atoms with Gasteiger partial charge in [-0.1, -0.05) is 6.07 Å². The van der Waals surface area contributed by atoms with E-state index in [9.17, 15) is 14.7 Å². The van der Waals surface area contributed by atoms with Crippen LogP contribution in [0.1, 0.15) is 12.0 Å². The molecule has 1 aliphatic heterocycles. The Morgan fingerprint density at radius 3 is 2.90 bits per heavy atom. The fourth-order valence-electron chi connectivity index (χ4n) is 2.36. The van der Waals surface area contributed by atoms with Crippen LogP contribution in [0.2, 0.25) is 0 Å². The van der Waals surface area contributed by atoms with Crippen molar-refractivity contribution < 1.29 is 24.5 Å². The molecule has 1 atom stereocenters. The van der Waals surface area contributed by atoms with Crippen LogP contribution < -0.4 is 10.1 Å². The molecule has 0 aromatic heterocycles. The van der Waals surface area contributed by atoms with E-state index in [2.05, 4.69) is 5.32 Å². The molecule has 0 spiro atoms. The van der Waals surface area contributed by atoms with Gasteiger partial charge in [-0.2, -0.15) is 0 Å². The normalized spacial score (nSPS) is 19.1. The summed E-state index contributed by atoms with van der Waals surface area (Å²) in [7, 11) is 1.51. The highest BCUT2D eigenvalue weighted by atomic mass is 16.5. The van der Waals surface area contributed by atoms with Gasteiger partial charge in [0.1, 0.15) is 17.5 Å². The summed E-state index contributed by atoms with van der Waals surface area (Å²) in [4.78, 5) is 24.5. The third-order valence-corrected chi connectivity index (χ3v) is 3.48. The molecule has 1 amide bonds. The zero-order chi connectivity index (χ0) is 15.4. The number of hydrogen-bond donors (Lipinski definition) is 3. The van der Waals surface area contributed by atoms with Crippen molar-refractivity contribution in [2.45, 2.75) is 19.0 Å². The number of phenolic OH excluding ortho intramolecular Hbond substituents is 1. The zero-order valence-electron chi connectivity index (χ0n) is 11.7. The number of carboxylic acid groups (broad SMARTS) is 1. The number of methoxy groups -OCH3 is 1. The van der Waals surface area contributed by atoms with E-state index < -0.39 is 12.0 Å². The second-order valence-electron chi connectivity index (χ2n) is 4.87. The highest BCUT2D eigenvalue weighted by molar-refractivity contribution is 5.86. The number of nitrogens with zero attached hydrogens (tertiary/aromatic N) is 1. The number of amides is 1. The molecule has 0 bridgehead atoms. The van der Waals surface area contributed by atoms with Crippen molar-refractivity contribution >= 4 is 11.9 Å². The zero-order valence-corrected chi connectivity index (χ0v) is 11.7. The Morgan fingerprint density at radius 2 is 2.29 bits per heavy atom. The van der Waals surface area contributed by atoms with Gasteiger partial charge in [0.15, 0.2) is 0 Å². The smallest absolute Gasteiger partial charge is 0.305 e. The van der Waals surface area contributed by atoms with E-state index in [4.69, 9.17) is 9.84 Å². The predicted molar refractivity (Wildman–Crippen MR) is 74.1 cm³/mol. The molecule has 1 unspecified atom stereocenters. The highest BCUT2D eigenvalue weighted by Crippen LogP contribution is 2.25. The first-order valence-corrected chi connectivity index (χ1v) is 6.60. The number of carboxylic acids is 1. The molecule has 0 saturated carbocycles. The maximum Gasteiger partial charge on any atom is 0.305 e. The number of phenols is 1. The summed E-state index contributed by atoms with van der Waals surface area (Å²) in [6.07, 6.45) is -0.261. The minimum Gasteiger partial charge on any atom is -0.507 e. The molecule has 1 aromatic carbocycles. The number of benzene rings is 1. The Bertz CT molecular complexity index is 546. The van der Waals surface area contributed by atoms with Gasteiger partial charge in [-0.15, -0.1) is 0 Å². The van der Waals surface area contributed by atoms with E-state index in [1.54, 1.807) is 17.0 Å². The van der Waals surface area contributed by atoms with E-state index in [-0.39, 0.29) is 18.1 Å². The first kappa shape index (κ1) is 15.1. The summed E-state index contributed by atoms with van der Waals surface area (Å²) in [6, 6.07) is 4.19. The van der Waals surface area contributed by atoms with Crippen molar-refractivity contribution in [2.75, 3.05) is 20.2 Å². The molecule has 0 aliphatic carbocycles. The van der Waals surface area contributed by atoms with Crippen LogP contribution in [0.25, 0.3) is 0 Å². The first-order chi connectivity index (χ1) is 10.0. The van der Waals surface area contributed by atoms with Crippen LogP contribution >= 0.6 is 0 Å². The summed E-state index contributed by atoms with van der Waals surface area (Å²) >= 11 is 0. The van der Waals surface area contributed by atoms with E-state index in [1.165, 1.54) is 13.2 Å². The number of aromatic hydroxyl groups is 1. The van der Waals surface area contributed by atoms with Gasteiger partial charge >= 0.3 is 5.97 Å². The van der Waals surface area contributed by atoms with Crippen molar-refractivity contribution in [3.63, 3.8) is 0 Å². The van der Waals surface area contributed by atoms with E-state index >= 15 is 0 Å². The Balaban J connectivity index is 2.15. The van der Waals surface area contributed by atoms with Gasteiger partial charge in [0.25, 0.3) is 0 Å². The molecule has 1 heterocycles. The molecule has 2 rings (SSSR count). The maximum atomic E-state index is 11.8. The van der Waals surface area contributed by atoms with Gasteiger partial charge in [-0.3, -0.25) is 14.5 Å². The van der Waals surface area contributed by atoms with Gasteiger partial charge in [0, 0.05) is 31.3 Å². The second kappa shape index (κ2) is 6.45. The number of ether oxygens (including phenoxy) is 1. The van der Waals surface area contributed by atoms with Crippen molar-refractivity contribution in [2.24, 2.45) is 0 Å². The lowest BCUT2D eigenvalue weighted by Crippen LogP contribution is -2.55. The molecule has 1 saturated heterocycles. The molecule has 3 N–H and O–H groups in total. The van der Waals surface area contributed by atoms with Gasteiger partial charge in [-0.05, 0) is 6.07 Å². The third-order valence-electron chi connectivity index (χ3n) is 3.48. The van der Waals surface area contributed by atoms with Crippen LogP contribution in [-0.2, 0) is 16.1 Å². The fraction of sp³-hybridized carbons (Fsp3) is 0.429. The van der Waals surface area contributed by atoms with E-state index in [0.717, 1.165) is 0 Å². The molecular weight excluding hydrogens is 276 g/mol. The quantitative estimate of drug-likeness (QED) is 0.716. The molecule has 7 nitrogen and oxygen atoms in total. The van der Waals surface area contributed by atoms with Gasteiger partial charge in [-0.25, -0.2) is 0 Å². The largest absolute Gasteiger partial charge is 0.507 e. The van der Waals surface area contributed by atoms with Crippen molar-refractivity contribution in [3.8, 4) is 11.5 Å². The molecule has 21 heavy (non-hydrogen) atoms. The van der Waals surface area contributed by atoms with Gasteiger partial charge in [0.2, 0.25) is 5.91 Å². The van der Waals surface area contributed by atoms with Crippen LogP contribution in [0.5, 0.6) is 11.5 Å². The average molecular weight is 294 g/mol. The molecule has 114 valence electrons. The van der Waals surface area contributed by atoms with E-state index in [1.807, 2.05) is 0 Å². The summed E-state index contributed by atoms with van der Waals surface area (Å²) in [5, 5.41) is 21.5. The fourth-order valence-corrected chi connectivity index (χ4v) is 2.36. The Hall–Kier alpha value is -2.28. The summed E-state index contributed by atoms with van der Waals surface area (Å²) in [5.41, 5.74) is 0.626. The lowest BCUT2D eigenvalue weighted by molar-refractivity contribution is -0.143.